The second kappa shape index (κ2) is 9.58. The number of carboxylic acid groups (broad SMARTS) is 1. The molecule has 34 heavy (non-hydrogen) atoms. The number of rotatable bonds is 6. The van der Waals surface area contributed by atoms with Crippen molar-refractivity contribution < 1.29 is 19.5 Å². The summed E-state index contributed by atoms with van der Waals surface area (Å²) >= 11 is 1.29. The van der Waals surface area contributed by atoms with Crippen LogP contribution in [-0.4, -0.2) is 34.3 Å². The van der Waals surface area contributed by atoms with Gasteiger partial charge in [0.25, 0.3) is 5.91 Å². The maximum atomic E-state index is 13.4. The van der Waals surface area contributed by atoms with Crippen LogP contribution in [0.25, 0.3) is 10.8 Å². The normalized spacial score (nSPS) is 15.9. The zero-order valence-corrected chi connectivity index (χ0v) is 19.8. The fraction of sp³-hybridized carbons (Fsp3) is 0.370. The standard InChI is InChI=1S/C27H28N2O4S/c30-23(13-12-17-6-1-2-7-17)28-25-24(27(32)33)21-14-15-29(16-22(21)34-25)26(31)20-11-5-9-18-8-3-4-10-19(18)20/h3-5,8-11,17H,1-2,6-7,12-16H2,(H,28,30)(H,32,33). The van der Waals surface area contributed by atoms with Gasteiger partial charge in [-0.25, -0.2) is 4.79 Å². The van der Waals surface area contributed by atoms with Crippen LogP contribution in [0.4, 0.5) is 5.00 Å². The molecule has 0 saturated heterocycles. The second-order valence-electron chi connectivity index (χ2n) is 9.25. The topological polar surface area (TPSA) is 86.7 Å². The summed E-state index contributed by atoms with van der Waals surface area (Å²) < 4.78 is 0. The number of hydrogen-bond acceptors (Lipinski definition) is 4. The van der Waals surface area contributed by atoms with Crippen LogP contribution in [0.2, 0.25) is 0 Å². The highest BCUT2D eigenvalue weighted by molar-refractivity contribution is 7.17. The van der Waals surface area contributed by atoms with Gasteiger partial charge >= 0.3 is 5.97 Å². The minimum Gasteiger partial charge on any atom is -0.478 e. The van der Waals surface area contributed by atoms with E-state index in [1.54, 1.807) is 4.90 Å². The molecule has 2 amide bonds. The van der Waals surface area contributed by atoms with Crippen molar-refractivity contribution in [2.75, 3.05) is 11.9 Å². The number of fused-ring (bicyclic) bond motifs is 2. The molecule has 1 fully saturated rings. The molecule has 7 heteroatoms. The van der Waals surface area contributed by atoms with E-state index < -0.39 is 5.97 Å². The smallest absolute Gasteiger partial charge is 0.339 e. The highest BCUT2D eigenvalue weighted by Crippen LogP contribution is 2.38. The maximum absolute atomic E-state index is 13.4. The van der Waals surface area contributed by atoms with Crippen LogP contribution in [0.15, 0.2) is 42.5 Å². The molecule has 2 N–H and O–H groups in total. The number of hydrogen-bond donors (Lipinski definition) is 2. The average Bonchev–Trinajstić information content (AvgIpc) is 3.49. The molecule has 0 radical (unpaired) electrons. The molecular formula is C27H28N2O4S. The Bertz CT molecular complexity index is 1250. The molecule has 0 atom stereocenters. The van der Waals surface area contributed by atoms with Gasteiger partial charge in [-0.05, 0) is 41.2 Å². The third-order valence-electron chi connectivity index (χ3n) is 7.09. The van der Waals surface area contributed by atoms with Gasteiger partial charge in [0.05, 0.1) is 12.1 Å². The third kappa shape index (κ3) is 4.44. The Kier molecular flexibility index (Phi) is 6.37. The van der Waals surface area contributed by atoms with Crippen molar-refractivity contribution >= 4 is 44.9 Å². The Balaban J connectivity index is 1.34. The molecule has 0 bridgehead atoms. The van der Waals surface area contributed by atoms with Crippen molar-refractivity contribution in [1.82, 2.24) is 4.90 Å². The van der Waals surface area contributed by atoms with Crippen LogP contribution >= 0.6 is 11.3 Å². The number of anilines is 1. The summed E-state index contributed by atoms with van der Waals surface area (Å²) in [7, 11) is 0. The van der Waals surface area contributed by atoms with Gasteiger partial charge in [0.2, 0.25) is 5.91 Å². The molecule has 2 aromatic carbocycles. The number of nitrogens with zero attached hydrogens (tertiary/aromatic N) is 1. The molecule has 6 nitrogen and oxygen atoms in total. The van der Waals surface area contributed by atoms with E-state index in [9.17, 15) is 19.5 Å². The molecule has 2 heterocycles. The number of thiophene rings is 1. The van der Waals surface area contributed by atoms with E-state index in [2.05, 4.69) is 5.32 Å². The predicted molar refractivity (Wildman–Crippen MR) is 133 cm³/mol. The predicted octanol–water partition coefficient (Wildman–Crippen LogP) is 5.71. The quantitative estimate of drug-likeness (QED) is 0.477. The summed E-state index contributed by atoms with van der Waals surface area (Å²) in [4.78, 5) is 40.6. The largest absolute Gasteiger partial charge is 0.478 e. The lowest BCUT2D eigenvalue weighted by atomic mass is 10.00. The van der Waals surface area contributed by atoms with Crippen LogP contribution in [0.3, 0.4) is 0 Å². The van der Waals surface area contributed by atoms with E-state index in [0.29, 0.717) is 42.4 Å². The van der Waals surface area contributed by atoms with Gasteiger partial charge in [0, 0.05) is 23.4 Å². The van der Waals surface area contributed by atoms with E-state index in [4.69, 9.17) is 0 Å². The van der Waals surface area contributed by atoms with Gasteiger partial charge in [-0.2, -0.15) is 0 Å². The molecule has 176 valence electrons. The Morgan fingerprint density at radius 1 is 1.06 bits per heavy atom. The van der Waals surface area contributed by atoms with Crippen molar-refractivity contribution in [2.24, 2.45) is 5.92 Å². The number of aromatic carboxylic acids is 1. The Morgan fingerprint density at radius 2 is 1.82 bits per heavy atom. The van der Waals surface area contributed by atoms with Gasteiger partial charge in [-0.15, -0.1) is 11.3 Å². The minimum atomic E-state index is -1.03. The second-order valence-corrected chi connectivity index (χ2v) is 10.4. The zero-order valence-electron chi connectivity index (χ0n) is 19.0. The summed E-state index contributed by atoms with van der Waals surface area (Å²) in [6.45, 7) is 0.793. The summed E-state index contributed by atoms with van der Waals surface area (Å²) in [5.41, 5.74) is 1.58. The van der Waals surface area contributed by atoms with Gasteiger partial charge in [0.1, 0.15) is 5.00 Å². The van der Waals surface area contributed by atoms with Gasteiger partial charge in [-0.3, -0.25) is 9.59 Å². The first-order valence-electron chi connectivity index (χ1n) is 12.0. The van der Waals surface area contributed by atoms with Crippen LogP contribution < -0.4 is 5.32 Å². The van der Waals surface area contributed by atoms with E-state index in [0.717, 1.165) is 27.6 Å². The SMILES string of the molecule is O=C(CCC1CCCC1)Nc1sc2c(c1C(=O)O)CCN(C(=O)c1cccc3ccccc13)C2. The van der Waals surface area contributed by atoms with Crippen molar-refractivity contribution in [3.63, 3.8) is 0 Å². The number of amides is 2. The van der Waals surface area contributed by atoms with Crippen molar-refractivity contribution in [3.8, 4) is 0 Å². The Labute approximate surface area is 202 Å². The molecule has 1 aromatic heterocycles. The molecule has 5 rings (SSSR count). The van der Waals surface area contributed by atoms with E-state index in [1.165, 1.54) is 37.0 Å². The van der Waals surface area contributed by atoms with Gasteiger partial charge < -0.3 is 15.3 Å². The number of benzene rings is 2. The highest BCUT2D eigenvalue weighted by atomic mass is 32.1. The number of nitrogens with one attached hydrogen (secondary N) is 1. The minimum absolute atomic E-state index is 0.0603. The molecule has 0 unspecified atom stereocenters. The highest BCUT2D eigenvalue weighted by Gasteiger charge is 2.31. The van der Waals surface area contributed by atoms with Crippen LogP contribution in [0, 0.1) is 5.92 Å². The van der Waals surface area contributed by atoms with Gasteiger partial charge in [-0.1, -0.05) is 62.1 Å². The van der Waals surface area contributed by atoms with E-state index >= 15 is 0 Å². The molecular weight excluding hydrogens is 448 g/mol. The van der Waals surface area contributed by atoms with Crippen LogP contribution in [-0.2, 0) is 17.8 Å². The lowest BCUT2D eigenvalue weighted by Gasteiger charge is -2.27. The summed E-state index contributed by atoms with van der Waals surface area (Å²) in [5.74, 6) is -0.612. The lowest BCUT2D eigenvalue weighted by Crippen LogP contribution is -2.35. The molecule has 0 spiro atoms. The summed E-state index contributed by atoms with van der Waals surface area (Å²) in [5, 5.41) is 15.1. The fourth-order valence-electron chi connectivity index (χ4n) is 5.30. The molecule has 3 aromatic rings. The number of carboxylic acids is 1. The average molecular weight is 477 g/mol. The molecule has 1 aliphatic carbocycles. The monoisotopic (exact) mass is 476 g/mol. The van der Waals surface area contributed by atoms with Crippen molar-refractivity contribution in [3.05, 3.63) is 64.0 Å². The summed E-state index contributed by atoms with van der Waals surface area (Å²) in [6, 6.07) is 13.5. The Hall–Kier alpha value is -3.19. The zero-order chi connectivity index (χ0) is 23.7. The Morgan fingerprint density at radius 3 is 2.62 bits per heavy atom. The van der Waals surface area contributed by atoms with Crippen LogP contribution in [0.5, 0.6) is 0 Å². The van der Waals surface area contributed by atoms with E-state index in [-0.39, 0.29) is 17.4 Å². The molecule has 1 aliphatic heterocycles. The first-order chi connectivity index (χ1) is 16.5. The first-order valence-corrected chi connectivity index (χ1v) is 12.8. The van der Waals surface area contributed by atoms with Crippen LogP contribution in [0.1, 0.15) is 69.7 Å². The van der Waals surface area contributed by atoms with Crippen molar-refractivity contribution in [1.29, 1.82) is 0 Å². The third-order valence-corrected chi connectivity index (χ3v) is 8.22. The fourth-order valence-corrected chi connectivity index (χ4v) is 6.57. The maximum Gasteiger partial charge on any atom is 0.339 e. The summed E-state index contributed by atoms with van der Waals surface area (Å²) in [6.07, 6.45) is 6.57. The molecule has 2 aliphatic rings. The number of carbonyl (C=O) groups excluding carboxylic acids is 2. The number of carbonyl (C=O) groups is 3. The molecule has 1 saturated carbocycles. The van der Waals surface area contributed by atoms with Crippen molar-refractivity contribution in [2.45, 2.75) is 51.5 Å². The van der Waals surface area contributed by atoms with Gasteiger partial charge in [0.15, 0.2) is 0 Å². The first kappa shape index (κ1) is 22.6. The van der Waals surface area contributed by atoms with E-state index in [1.807, 2.05) is 42.5 Å². The lowest BCUT2D eigenvalue weighted by molar-refractivity contribution is -0.116.